The number of hydrogen-bond acceptors (Lipinski definition) is 2. The predicted octanol–water partition coefficient (Wildman–Crippen LogP) is 3.82. The highest BCUT2D eigenvalue weighted by Gasteiger charge is 2.14. The molecule has 0 aromatic heterocycles. The van der Waals surface area contributed by atoms with Gasteiger partial charge in [0.05, 0.1) is 11.1 Å². The first-order valence-corrected chi connectivity index (χ1v) is 5.85. The Morgan fingerprint density at radius 2 is 1.06 bits per heavy atom. The van der Waals surface area contributed by atoms with Gasteiger partial charge in [-0.25, -0.2) is 0 Å². The molecule has 0 unspecified atom stereocenters. The fourth-order valence-corrected chi connectivity index (χ4v) is 2.30. The lowest BCUT2D eigenvalue weighted by molar-refractivity contribution is 1.29. The van der Waals surface area contributed by atoms with Gasteiger partial charge in [-0.2, -0.15) is 10.5 Å². The summed E-state index contributed by atoms with van der Waals surface area (Å²) in [5, 5.41) is 20.4. The van der Waals surface area contributed by atoms with E-state index in [-0.39, 0.29) is 0 Å². The number of hydrogen-bond donors (Lipinski definition) is 0. The van der Waals surface area contributed by atoms with Crippen molar-refractivity contribution in [2.45, 2.75) is 27.7 Å². The molecule has 0 saturated heterocycles. The lowest BCUT2D eigenvalue weighted by Crippen LogP contribution is -1.97. The van der Waals surface area contributed by atoms with Crippen LogP contribution in [0, 0.1) is 50.4 Å². The van der Waals surface area contributed by atoms with Crippen molar-refractivity contribution in [1.82, 2.24) is 0 Å². The van der Waals surface area contributed by atoms with Crippen LogP contribution in [0.4, 0.5) is 0 Å². The molecule has 88 valence electrons. The van der Waals surface area contributed by atoms with E-state index in [9.17, 15) is 10.5 Å². The van der Waals surface area contributed by atoms with Gasteiger partial charge in [0, 0.05) is 10.8 Å². The Morgan fingerprint density at radius 1 is 0.722 bits per heavy atom. The topological polar surface area (TPSA) is 47.6 Å². The van der Waals surface area contributed by atoms with Crippen molar-refractivity contribution in [1.29, 1.82) is 10.5 Å². The van der Waals surface area contributed by atoms with Gasteiger partial charge in [-0.15, -0.1) is 0 Å². The summed E-state index contributed by atoms with van der Waals surface area (Å²) < 4.78 is 0. The monoisotopic (exact) mass is 234 g/mol. The van der Waals surface area contributed by atoms with E-state index in [1.165, 1.54) is 0 Å². The number of aryl methyl sites for hydroxylation is 2. The molecule has 0 N–H and O–H groups in total. The molecule has 0 spiro atoms. The molecule has 0 aliphatic rings. The highest BCUT2D eigenvalue weighted by atomic mass is 14.3. The number of rotatable bonds is 0. The Hall–Kier alpha value is -2.32. The maximum absolute atomic E-state index is 9.33. The summed E-state index contributed by atoms with van der Waals surface area (Å²) in [7, 11) is 0. The Labute approximate surface area is 107 Å². The molecule has 2 aromatic carbocycles. The molecule has 0 heterocycles. The van der Waals surface area contributed by atoms with Crippen LogP contribution in [-0.2, 0) is 0 Å². The van der Waals surface area contributed by atoms with Crippen LogP contribution in [0.2, 0.25) is 0 Å². The highest BCUT2D eigenvalue weighted by Crippen LogP contribution is 2.31. The number of benzene rings is 2. The van der Waals surface area contributed by atoms with E-state index in [0.29, 0.717) is 11.1 Å². The summed E-state index contributed by atoms with van der Waals surface area (Å²) in [6.45, 7) is 7.86. The number of fused-ring (bicyclic) bond motifs is 1. The Bertz CT molecular complexity index is 676. The Balaban J connectivity index is 3.13. The SMILES string of the molecule is Cc1cc2c(C#N)c(C)c(C)c(C#N)c2cc1C. The van der Waals surface area contributed by atoms with Gasteiger partial charge in [-0.3, -0.25) is 0 Å². The molecule has 0 aliphatic carbocycles. The first-order valence-electron chi connectivity index (χ1n) is 5.85. The first-order chi connectivity index (χ1) is 8.51. The molecule has 0 saturated carbocycles. The van der Waals surface area contributed by atoms with Crippen LogP contribution < -0.4 is 0 Å². The lowest BCUT2D eigenvalue weighted by Gasteiger charge is -2.12. The molecular formula is C16H14N2. The molecule has 0 radical (unpaired) electrons. The Morgan fingerprint density at radius 3 is 1.33 bits per heavy atom. The molecule has 2 heteroatoms. The van der Waals surface area contributed by atoms with Gasteiger partial charge < -0.3 is 0 Å². The third-order valence-corrected chi connectivity index (χ3v) is 3.71. The van der Waals surface area contributed by atoms with E-state index in [1.54, 1.807) is 0 Å². The van der Waals surface area contributed by atoms with Gasteiger partial charge in [-0.1, -0.05) is 0 Å². The van der Waals surface area contributed by atoms with Gasteiger partial charge >= 0.3 is 0 Å². The second-order valence-corrected chi connectivity index (χ2v) is 4.71. The van der Waals surface area contributed by atoms with Crippen LogP contribution in [0.1, 0.15) is 33.4 Å². The van der Waals surface area contributed by atoms with E-state index in [4.69, 9.17) is 0 Å². The fraction of sp³-hybridized carbons (Fsp3) is 0.250. The molecule has 0 atom stereocenters. The van der Waals surface area contributed by atoms with E-state index in [1.807, 2.05) is 39.8 Å². The minimum absolute atomic E-state index is 0.685. The second-order valence-electron chi connectivity index (χ2n) is 4.71. The fourth-order valence-electron chi connectivity index (χ4n) is 2.30. The predicted molar refractivity (Wildman–Crippen MR) is 72.3 cm³/mol. The molecule has 0 bridgehead atoms. The van der Waals surface area contributed by atoms with E-state index in [0.717, 1.165) is 33.0 Å². The standard InChI is InChI=1S/C16H14N2/c1-9-5-13-14(6-10(9)2)16(8-18)12(4)11(3)15(13)7-17/h5-6H,1-4H3. The van der Waals surface area contributed by atoms with Gasteiger partial charge in [0.15, 0.2) is 0 Å². The van der Waals surface area contributed by atoms with Crippen LogP contribution in [-0.4, -0.2) is 0 Å². The third-order valence-electron chi connectivity index (χ3n) is 3.71. The largest absolute Gasteiger partial charge is 0.192 e. The van der Waals surface area contributed by atoms with E-state index >= 15 is 0 Å². The van der Waals surface area contributed by atoms with Gasteiger partial charge in [0.25, 0.3) is 0 Å². The van der Waals surface area contributed by atoms with Crippen molar-refractivity contribution >= 4 is 10.8 Å². The molecular weight excluding hydrogens is 220 g/mol. The van der Waals surface area contributed by atoms with Crippen LogP contribution in [0.25, 0.3) is 10.8 Å². The zero-order valence-electron chi connectivity index (χ0n) is 11.0. The van der Waals surface area contributed by atoms with Crippen LogP contribution in [0.3, 0.4) is 0 Å². The van der Waals surface area contributed by atoms with Crippen molar-refractivity contribution in [3.63, 3.8) is 0 Å². The minimum Gasteiger partial charge on any atom is -0.192 e. The molecule has 2 aromatic rings. The molecule has 2 rings (SSSR count). The van der Waals surface area contributed by atoms with Crippen molar-refractivity contribution in [3.8, 4) is 12.1 Å². The summed E-state index contributed by atoms with van der Waals surface area (Å²) >= 11 is 0. The summed E-state index contributed by atoms with van der Waals surface area (Å²) in [4.78, 5) is 0. The number of nitrogens with zero attached hydrogens (tertiary/aromatic N) is 2. The normalized spacial score (nSPS) is 10.1. The van der Waals surface area contributed by atoms with Crippen molar-refractivity contribution in [2.75, 3.05) is 0 Å². The summed E-state index contributed by atoms with van der Waals surface area (Å²) in [5.74, 6) is 0. The van der Waals surface area contributed by atoms with E-state index in [2.05, 4.69) is 12.1 Å². The molecule has 0 aliphatic heterocycles. The zero-order chi connectivity index (χ0) is 13.4. The van der Waals surface area contributed by atoms with Gasteiger partial charge in [0.1, 0.15) is 12.1 Å². The maximum Gasteiger partial charge on any atom is 0.100 e. The van der Waals surface area contributed by atoms with Crippen molar-refractivity contribution in [3.05, 3.63) is 45.5 Å². The lowest BCUT2D eigenvalue weighted by atomic mass is 9.89. The van der Waals surface area contributed by atoms with Crippen molar-refractivity contribution < 1.29 is 0 Å². The molecule has 0 amide bonds. The Kier molecular flexibility index (Phi) is 2.81. The molecule has 2 nitrogen and oxygen atoms in total. The average Bonchev–Trinajstić information content (AvgIpc) is 2.34. The smallest absolute Gasteiger partial charge is 0.100 e. The first kappa shape index (κ1) is 12.1. The van der Waals surface area contributed by atoms with Gasteiger partial charge in [-0.05, 0) is 62.1 Å². The van der Waals surface area contributed by atoms with Crippen LogP contribution in [0.15, 0.2) is 12.1 Å². The van der Waals surface area contributed by atoms with Gasteiger partial charge in [0.2, 0.25) is 0 Å². The van der Waals surface area contributed by atoms with Crippen LogP contribution >= 0.6 is 0 Å². The summed E-state index contributed by atoms with van der Waals surface area (Å²) in [6.07, 6.45) is 0. The highest BCUT2D eigenvalue weighted by molar-refractivity contribution is 5.95. The van der Waals surface area contributed by atoms with Crippen molar-refractivity contribution in [2.24, 2.45) is 0 Å². The van der Waals surface area contributed by atoms with Crippen LogP contribution in [0.5, 0.6) is 0 Å². The summed E-state index contributed by atoms with van der Waals surface area (Å²) in [6, 6.07) is 8.56. The average molecular weight is 234 g/mol. The maximum atomic E-state index is 9.33. The second kappa shape index (κ2) is 4.17. The quantitative estimate of drug-likeness (QED) is 0.695. The summed E-state index contributed by atoms with van der Waals surface area (Å²) in [5.41, 5.74) is 5.47. The molecule has 18 heavy (non-hydrogen) atoms. The number of nitriles is 2. The van der Waals surface area contributed by atoms with E-state index < -0.39 is 0 Å². The molecule has 0 fully saturated rings. The zero-order valence-corrected chi connectivity index (χ0v) is 11.0. The minimum atomic E-state index is 0.685. The third kappa shape index (κ3) is 1.55.